The molecule has 1 atom stereocenters. The van der Waals surface area contributed by atoms with E-state index in [1.165, 1.54) is 5.56 Å². The van der Waals surface area contributed by atoms with Crippen molar-refractivity contribution in [3.63, 3.8) is 0 Å². The van der Waals surface area contributed by atoms with Crippen LogP contribution in [-0.4, -0.2) is 37.7 Å². The highest BCUT2D eigenvalue weighted by Crippen LogP contribution is 2.27. The van der Waals surface area contributed by atoms with Crippen molar-refractivity contribution in [2.24, 2.45) is 10.9 Å². The fourth-order valence-electron chi connectivity index (χ4n) is 2.18. The van der Waals surface area contributed by atoms with E-state index >= 15 is 0 Å². The van der Waals surface area contributed by atoms with Gasteiger partial charge in [0, 0.05) is 18.3 Å². The monoisotopic (exact) mass is 308 g/mol. The summed E-state index contributed by atoms with van der Waals surface area (Å²) in [6.07, 6.45) is 0.901. The van der Waals surface area contributed by atoms with Crippen LogP contribution in [0, 0.1) is 5.92 Å². The van der Waals surface area contributed by atoms with Crippen LogP contribution in [0.1, 0.15) is 19.4 Å². The van der Waals surface area contributed by atoms with Crippen LogP contribution in [0.25, 0.3) is 0 Å². The molecule has 116 valence electrons. The van der Waals surface area contributed by atoms with Crippen LogP contribution in [0.4, 0.5) is 0 Å². The summed E-state index contributed by atoms with van der Waals surface area (Å²) in [6.45, 7) is 5.27. The molecule has 0 amide bonds. The zero-order valence-corrected chi connectivity index (χ0v) is 14.0. The third-order valence-corrected chi connectivity index (χ3v) is 4.66. The lowest BCUT2D eigenvalue weighted by Gasteiger charge is -2.13. The quantitative estimate of drug-likeness (QED) is 0.877. The zero-order chi connectivity index (χ0) is 15.2. The summed E-state index contributed by atoms with van der Waals surface area (Å²) in [5.41, 5.74) is 1.21. The van der Waals surface area contributed by atoms with Gasteiger partial charge in [0.15, 0.2) is 16.7 Å². The fraction of sp³-hybridized carbons (Fsp3) is 0.562. The first-order chi connectivity index (χ1) is 10.1. The highest BCUT2D eigenvalue weighted by Gasteiger charge is 2.22. The normalized spacial score (nSPS) is 19.9. The summed E-state index contributed by atoms with van der Waals surface area (Å²) in [5.74, 6) is 3.31. The second-order valence-electron chi connectivity index (χ2n) is 5.43. The molecule has 0 aromatic heterocycles. The van der Waals surface area contributed by atoms with Gasteiger partial charge in [-0.25, -0.2) is 0 Å². The molecule has 1 N–H and O–H groups in total. The lowest BCUT2D eigenvalue weighted by molar-refractivity contribution is 0.354. The minimum Gasteiger partial charge on any atom is -0.493 e. The number of nitrogens with one attached hydrogen (secondary N) is 1. The summed E-state index contributed by atoms with van der Waals surface area (Å²) in [7, 11) is 3.31. The van der Waals surface area contributed by atoms with Crippen LogP contribution in [0.5, 0.6) is 11.5 Å². The first kappa shape index (κ1) is 16.0. The third-order valence-electron chi connectivity index (χ3n) is 3.62. The molecule has 1 unspecified atom stereocenters. The highest BCUT2D eigenvalue weighted by molar-refractivity contribution is 8.14. The van der Waals surface area contributed by atoms with Gasteiger partial charge in [0.1, 0.15) is 0 Å². The first-order valence-corrected chi connectivity index (χ1v) is 8.27. The van der Waals surface area contributed by atoms with Crippen molar-refractivity contribution in [1.82, 2.24) is 5.32 Å². The summed E-state index contributed by atoms with van der Waals surface area (Å²) in [4.78, 5) is 4.65. The molecule has 1 fully saturated rings. The molecular formula is C16H24N2O2S. The average molecular weight is 308 g/mol. The van der Waals surface area contributed by atoms with Crippen LogP contribution in [0.2, 0.25) is 0 Å². The van der Waals surface area contributed by atoms with Crippen LogP contribution in [0.15, 0.2) is 23.2 Å². The Morgan fingerprint density at radius 2 is 2.05 bits per heavy atom. The minimum absolute atomic E-state index is 0.551. The molecule has 1 aromatic carbocycles. The maximum absolute atomic E-state index is 5.32. The Kier molecular flexibility index (Phi) is 5.79. The Balaban J connectivity index is 1.89. The van der Waals surface area contributed by atoms with Crippen LogP contribution in [0.3, 0.4) is 0 Å². The van der Waals surface area contributed by atoms with Gasteiger partial charge in [-0.05, 0) is 30.0 Å². The second kappa shape index (κ2) is 7.59. The van der Waals surface area contributed by atoms with Crippen LogP contribution in [-0.2, 0) is 6.42 Å². The Labute approximate surface area is 131 Å². The van der Waals surface area contributed by atoms with Crippen molar-refractivity contribution >= 4 is 16.9 Å². The van der Waals surface area contributed by atoms with Crippen molar-refractivity contribution in [3.05, 3.63) is 23.8 Å². The van der Waals surface area contributed by atoms with E-state index in [0.29, 0.717) is 12.0 Å². The predicted molar refractivity (Wildman–Crippen MR) is 89.8 cm³/mol. The Hall–Kier alpha value is -1.36. The van der Waals surface area contributed by atoms with Crippen LogP contribution >= 0.6 is 11.8 Å². The Bertz CT molecular complexity index is 503. The number of aliphatic imine (C=N–C) groups is 1. The molecule has 1 aromatic rings. The van der Waals surface area contributed by atoms with Crippen molar-refractivity contribution in [1.29, 1.82) is 0 Å². The summed E-state index contributed by atoms with van der Waals surface area (Å²) in [5, 5.41) is 4.56. The highest BCUT2D eigenvalue weighted by atomic mass is 32.2. The topological polar surface area (TPSA) is 42.8 Å². The number of hydrogen-bond acceptors (Lipinski definition) is 4. The molecule has 1 heterocycles. The van der Waals surface area contributed by atoms with Gasteiger partial charge in [0.2, 0.25) is 0 Å². The standard InChI is InChI=1S/C16H24N2O2S/c1-11(2)13-10-21-16(18-13)17-8-7-12-5-6-14(19-3)15(9-12)20-4/h5-6,9,11,13H,7-8,10H2,1-4H3,(H,17,18). The van der Waals surface area contributed by atoms with Gasteiger partial charge in [0.25, 0.3) is 0 Å². The molecule has 0 radical (unpaired) electrons. The molecule has 2 rings (SSSR count). The first-order valence-electron chi connectivity index (χ1n) is 7.28. The lowest BCUT2D eigenvalue weighted by Crippen LogP contribution is -2.31. The maximum Gasteiger partial charge on any atom is 0.160 e. The minimum atomic E-state index is 0.551. The number of rotatable bonds is 6. The van der Waals surface area contributed by atoms with Gasteiger partial charge in [0.05, 0.1) is 14.2 Å². The molecule has 0 bridgehead atoms. The van der Waals surface area contributed by atoms with Crippen LogP contribution < -0.4 is 14.8 Å². The van der Waals surface area contributed by atoms with Gasteiger partial charge < -0.3 is 14.8 Å². The molecule has 0 saturated carbocycles. The summed E-state index contributed by atoms with van der Waals surface area (Å²) in [6, 6.07) is 6.58. The van der Waals surface area contributed by atoms with Crippen molar-refractivity contribution in [2.45, 2.75) is 26.3 Å². The molecular weight excluding hydrogens is 284 g/mol. The fourth-order valence-corrected chi connectivity index (χ4v) is 3.41. The number of nitrogens with zero attached hydrogens (tertiary/aromatic N) is 1. The number of thioether (sulfide) groups is 1. The van der Waals surface area contributed by atoms with E-state index in [-0.39, 0.29) is 0 Å². The second-order valence-corrected chi connectivity index (χ2v) is 6.44. The Morgan fingerprint density at radius 1 is 1.29 bits per heavy atom. The molecule has 4 nitrogen and oxygen atoms in total. The van der Waals surface area contributed by atoms with E-state index in [0.717, 1.165) is 35.4 Å². The van der Waals surface area contributed by atoms with Gasteiger partial charge in [-0.15, -0.1) is 0 Å². The number of benzene rings is 1. The average Bonchev–Trinajstić information content (AvgIpc) is 2.96. The SMILES string of the molecule is COc1ccc(CCN=C2NC(C(C)C)CS2)cc1OC. The molecule has 1 aliphatic rings. The third kappa shape index (κ3) is 4.30. The Morgan fingerprint density at radius 3 is 2.67 bits per heavy atom. The van der Waals surface area contributed by atoms with Crippen molar-refractivity contribution in [2.75, 3.05) is 26.5 Å². The molecule has 5 heteroatoms. The van der Waals surface area contributed by atoms with Gasteiger partial charge in [-0.3, -0.25) is 4.99 Å². The summed E-state index contributed by atoms with van der Waals surface area (Å²) >= 11 is 1.82. The molecule has 1 aliphatic heterocycles. The van der Waals surface area contributed by atoms with E-state index in [2.05, 4.69) is 30.2 Å². The van der Waals surface area contributed by atoms with E-state index in [4.69, 9.17) is 9.47 Å². The molecule has 1 saturated heterocycles. The molecule has 21 heavy (non-hydrogen) atoms. The van der Waals surface area contributed by atoms with E-state index < -0.39 is 0 Å². The number of amidine groups is 1. The summed E-state index contributed by atoms with van der Waals surface area (Å²) < 4.78 is 10.6. The lowest BCUT2D eigenvalue weighted by atomic mass is 10.1. The largest absolute Gasteiger partial charge is 0.493 e. The van der Waals surface area contributed by atoms with Gasteiger partial charge in [-0.2, -0.15) is 0 Å². The maximum atomic E-state index is 5.32. The van der Waals surface area contributed by atoms with Gasteiger partial charge in [-0.1, -0.05) is 31.7 Å². The van der Waals surface area contributed by atoms with E-state index in [9.17, 15) is 0 Å². The number of methoxy groups -OCH3 is 2. The zero-order valence-electron chi connectivity index (χ0n) is 13.2. The van der Waals surface area contributed by atoms with E-state index in [1.54, 1.807) is 14.2 Å². The predicted octanol–water partition coefficient (Wildman–Crippen LogP) is 2.96. The van der Waals surface area contributed by atoms with Crippen molar-refractivity contribution in [3.8, 4) is 11.5 Å². The molecule has 0 spiro atoms. The number of ether oxygens (including phenoxy) is 2. The van der Waals surface area contributed by atoms with Gasteiger partial charge >= 0.3 is 0 Å². The van der Waals surface area contributed by atoms with Crippen molar-refractivity contribution < 1.29 is 9.47 Å². The smallest absolute Gasteiger partial charge is 0.160 e. The number of hydrogen-bond donors (Lipinski definition) is 1. The van der Waals surface area contributed by atoms with E-state index in [1.807, 2.05) is 23.9 Å². The molecule has 0 aliphatic carbocycles.